The first-order valence-electron chi connectivity index (χ1n) is 10.1. The summed E-state index contributed by atoms with van der Waals surface area (Å²) in [4.78, 5) is 0. The van der Waals surface area contributed by atoms with Gasteiger partial charge in [-0.25, -0.2) is 0 Å². The van der Waals surface area contributed by atoms with Crippen LogP contribution in [-0.2, 0) is 11.3 Å². The summed E-state index contributed by atoms with van der Waals surface area (Å²) in [5.74, 6) is 3.58. The molecule has 0 saturated heterocycles. The largest absolute Gasteiger partial charge is 0.356 e. The van der Waals surface area contributed by atoms with Gasteiger partial charge in [-0.05, 0) is 27.8 Å². The minimum Gasteiger partial charge on any atom is -0.356 e. The topological polar surface area (TPSA) is 9.23 Å². The first-order valence-corrected chi connectivity index (χ1v) is 12.3. The third kappa shape index (κ3) is 5.34. The molecule has 1 nitrogen and oxygen atoms in total. The molecule has 0 saturated carbocycles. The molecule has 2 heteroatoms. The predicted octanol–water partition coefficient (Wildman–Crippen LogP) is 7.17. The van der Waals surface area contributed by atoms with Gasteiger partial charge in [0.15, 0.2) is 0 Å². The predicted molar refractivity (Wildman–Crippen MR) is 119 cm³/mol. The summed E-state index contributed by atoms with van der Waals surface area (Å²) in [6, 6.07) is 20.7. The molecule has 0 amide bonds. The summed E-state index contributed by atoms with van der Waals surface area (Å²) in [5, 5.41) is 0. The van der Waals surface area contributed by atoms with Crippen LogP contribution in [0.2, 0.25) is 16.6 Å². The fourth-order valence-electron chi connectivity index (χ4n) is 4.23. The molecule has 0 fully saturated rings. The Balaban J connectivity index is 2.35. The Hall–Kier alpha value is -1.82. The van der Waals surface area contributed by atoms with Gasteiger partial charge in [0.1, 0.15) is 14.2 Å². The van der Waals surface area contributed by atoms with E-state index >= 15 is 0 Å². The second-order valence-electron chi connectivity index (χ2n) is 8.25. The molecule has 0 bridgehead atoms. The average molecular weight is 379 g/mol. The fourth-order valence-corrected chi connectivity index (χ4v) is 9.47. The lowest BCUT2D eigenvalue weighted by molar-refractivity contribution is 0.0781. The van der Waals surface area contributed by atoms with Crippen LogP contribution in [0.15, 0.2) is 60.7 Å². The van der Waals surface area contributed by atoms with Crippen molar-refractivity contribution in [2.24, 2.45) is 0 Å². The van der Waals surface area contributed by atoms with Gasteiger partial charge in [0.25, 0.3) is 0 Å². The number of ether oxygens (including phenoxy) is 1. The highest BCUT2D eigenvalue weighted by atomic mass is 28.3. The minimum atomic E-state index is -1.77. The highest BCUT2D eigenvalue weighted by molar-refractivity contribution is 6.90. The molecular formula is C25H34OSi. The van der Waals surface area contributed by atoms with Gasteiger partial charge >= 0.3 is 0 Å². The lowest BCUT2D eigenvalue weighted by atomic mass is 10.1. The summed E-state index contributed by atoms with van der Waals surface area (Å²) in [7, 11) is -1.77. The molecule has 2 rings (SSSR count). The second-order valence-corrected chi connectivity index (χ2v) is 13.8. The van der Waals surface area contributed by atoms with E-state index in [4.69, 9.17) is 4.74 Å². The highest BCUT2D eigenvalue weighted by Gasteiger charge is 2.41. The number of benzene rings is 2. The molecule has 0 N–H and O–H groups in total. The van der Waals surface area contributed by atoms with Crippen molar-refractivity contribution >= 4 is 8.07 Å². The summed E-state index contributed by atoms with van der Waals surface area (Å²) in [6.45, 7) is 14.7. The van der Waals surface area contributed by atoms with Gasteiger partial charge in [-0.15, -0.1) is 5.54 Å². The first-order chi connectivity index (χ1) is 12.9. The molecule has 2 aromatic rings. The molecule has 0 spiro atoms. The molecule has 1 unspecified atom stereocenters. The van der Waals surface area contributed by atoms with E-state index in [9.17, 15) is 0 Å². The Kier molecular flexibility index (Phi) is 7.89. The SMILES string of the molecule is CC(C)[Si](C#CC(OCc1ccccc1)c1ccccc1)(C(C)C)C(C)C. The van der Waals surface area contributed by atoms with Crippen molar-refractivity contribution in [3.8, 4) is 11.5 Å². The zero-order chi connectivity index (χ0) is 19.9. The van der Waals surface area contributed by atoms with Crippen LogP contribution >= 0.6 is 0 Å². The van der Waals surface area contributed by atoms with Crippen molar-refractivity contribution in [1.82, 2.24) is 0 Å². The molecule has 2 aromatic carbocycles. The zero-order valence-corrected chi connectivity index (χ0v) is 18.7. The Morgan fingerprint density at radius 1 is 0.741 bits per heavy atom. The second kappa shape index (κ2) is 9.92. The smallest absolute Gasteiger partial charge is 0.146 e. The van der Waals surface area contributed by atoms with Crippen LogP contribution in [0.3, 0.4) is 0 Å². The van der Waals surface area contributed by atoms with Gasteiger partial charge in [0.2, 0.25) is 0 Å². The van der Waals surface area contributed by atoms with Crippen LogP contribution in [0.4, 0.5) is 0 Å². The molecule has 0 aliphatic carbocycles. The third-order valence-corrected chi connectivity index (χ3v) is 12.0. The number of hydrogen-bond acceptors (Lipinski definition) is 1. The van der Waals surface area contributed by atoms with Crippen molar-refractivity contribution in [2.45, 2.75) is 70.9 Å². The minimum absolute atomic E-state index is 0.186. The van der Waals surface area contributed by atoms with Crippen LogP contribution in [0.1, 0.15) is 58.8 Å². The van der Waals surface area contributed by atoms with Crippen molar-refractivity contribution in [3.05, 3.63) is 71.8 Å². The van der Waals surface area contributed by atoms with Gasteiger partial charge < -0.3 is 4.74 Å². The Morgan fingerprint density at radius 2 is 1.22 bits per heavy atom. The molecule has 0 aliphatic rings. The summed E-state index contributed by atoms with van der Waals surface area (Å²) < 4.78 is 6.30. The molecule has 1 atom stereocenters. The Bertz CT molecular complexity index is 716. The third-order valence-electron chi connectivity index (χ3n) is 5.65. The van der Waals surface area contributed by atoms with Gasteiger partial charge in [-0.2, -0.15) is 0 Å². The maximum absolute atomic E-state index is 6.30. The number of hydrogen-bond donors (Lipinski definition) is 0. The van der Waals surface area contributed by atoms with Crippen LogP contribution in [0.5, 0.6) is 0 Å². The normalized spacial score (nSPS) is 12.9. The van der Waals surface area contributed by atoms with E-state index in [2.05, 4.69) is 102 Å². The summed E-state index contributed by atoms with van der Waals surface area (Å²) in [5.41, 5.74) is 8.01. The molecule has 0 aromatic heterocycles. The van der Waals surface area contributed by atoms with Crippen molar-refractivity contribution in [3.63, 3.8) is 0 Å². The molecule has 0 heterocycles. The molecule has 27 heavy (non-hydrogen) atoms. The van der Waals surface area contributed by atoms with E-state index in [0.717, 1.165) is 5.56 Å². The molecule has 144 valence electrons. The standard InChI is InChI=1S/C25H34OSi/c1-20(2)27(21(3)4,22(5)6)18-17-25(24-15-11-8-12-16-24)26-19-23-13-9-7-10-14-23/h7-16,20-22,25H,19H2,1-6H3. The van der Waals surface area contributed by atoms with Gasteiger partial charge in [-0.1, -0.05) is 108 Å². The van der Waals surface area contributed by atoms with Crippen molar-refractivity contribution in [1.29, 1.82) is 0 Å². The Morgan fingerprint density at radius 3 is 1.70 bits per heavy atom. The molecular weight excluding hydrogens is 344 g/mol. The zero-order valence-electron chi connectivity index (χ0n) is 17.7. The van der Waals surface area contributed by atoms with E-state index in [-0.39, 0.29) is 6.10 Å². The average Bonchev–Trinajstić information content (AvgIpc) is 2.65. The van der Waals surface area contributed by atoms with Crippen LogP contribution in [-0.4, -0.2) is 8.07 Å². The summed E-state index contributed by atoms with van der Waals surface area (Å²) >= 11 is 0. The maximum Gasteiger partial charge on any atom is 0.146 e. The monoisotopic (exact) mass is 378 g/mol. The lowest BCUT2D eigenvalue weighted by Crippen LogP contribution is -2.43. The van der Waals surface area contributed by atoms with E-state index in [1.54, 1.807) is 0 Å². The van der Waals surface area contributed by atoms with Gasteiger partial charge in [0, 0.05) is 0 Å². The van der Waals surface area contributed by atoms with Crippen LogP contribution in [0.25, 0.3) is 0 Å². The first kappa shape index (κ1) is 21.5. The van der Waals surface area contributed by atoms with E-state index in [1.807, 2.05) is 12.1 Å². The quantitative estimate of drug-likeness (QED) is 0.366. The molecule has 0 aliphatic heterocycles. The van der Waals surface area contributed by atoms with Crippen molar-refractivity contribution < 1.29 is 4.74 Å². The highest BCUT2D eigenvalue weighted by Crippen LogP contribution is 2.41. The van der Waals surface area contributed by atoms with Crippen LogP contribution < -0.4 is 0 Å². The maximum atomic E-state index is 6.30. The lowest BCUT2D eigenvalue weighted by Gasteiger charge is -2.38. The van der Waals surface area contributed by atoms with E-state index in [1.165, 1.54) is 5.56 Å². The Labute approximate surface area is 167 Å². The van der Waals surface area contributed by atoms with Gasteiger partial charge in [-0.3, -0.25) is 0 Å². The number of rotatable bonds is 7. The summed E-state index contributed by atoms with van der Waals surface area (Å²) in [6.07, 6.45) is -0.186. The van der Waals surface area contributed by atoms with Gasteiger partial charge in [0.05, 0.1) is 6.61 Å². The molecule has 0 radical (unpaired) electrons. The van der Waals surface area contributed by atoms with E-state index in [0.29, 0.717) is 23.2 Å². The van der Waals surface area contributed by atoms with E-state index < -0.39 is 8.07 Å². The van der Waals surface area contributed by atoms with Crippen LogP contribution in [0, 0.1) is 11.5 Å². The van der Waals surface area contributed by atoms with Crippen molar-refractivity contribution in [2.75, 3.05) is 0 Å². The fraction of sp³-hybridized carbons (Fsp3) is 0.440.